The third-order valence-electron chi connectivity index (χ3n) is 2.60. The standard InChI is InChI=1S/C16H22/c1-4-5-6-7-8-9-10-16-12-14(2)11-15(3)13-16/h11-13H,4-6,9-10H2,1-3H3. The summed E-state index contributed by atoms with van der Waals surface area (Å²) in [6.07, 6.45) is 5.61. The normalized spacial score (nSPS) is 9.69. The lowest BCUT2D eigenvalue weighted by molar-refractivity contribution is 0.827. The van der Waals surface area contributed by atoms with Gasteiger partial charge in [0.05, 0.1) is 0 Å². The van der Waals surface area contributed by atoms with E-state index in [2.05, 4.69) is 50.8 Å². The maximum Gasteiger partial charge on any atom is 0.0129 e. The van der Waals surface area contributed by atoms with Crippen LogP contribution >= 0.6 is 0 Å². The average Bonchev–Trinajstić information content (AvgIpc) is 2.22. The number of rotatable bonds is 4. The molecule has 1 rings (SSSR count). The van der Waals surface area contributed by atoms with Crippen molar-refractivity contribution in [3.05, 3.63) is 34.9 Å². The molecule has 0 fully saturated rings. The van der Waals surface area contributed by atoms with Crippen molar-refractivity contribution in [1.29, 1.82) is 0 Å². The first-order valence-corrected chi connectivity index (χ1v) is 6.25. The van der Waals surface area contributed by atoms with Crippen LogP contribution in [0.25, 0.3) is 0 Å². The molecule has 0 aromatic heterocycles. The molecule has 16 heavy (non-hydrogen) atoms. The molecular weight excluding hydrogens is 192 g/mol. The smallest absolute Gasteiger partial charge is 0.0129 e. The fourth-order valence-corrected chi connectivity index (χ4v) is 1.86. The fraction of sp³-hybridized carbons (Fsp3) is 0.500. The van der Waals surface area contributed by atoms with Gasteiger partial charge in [0.15, 0.2) is 0 Å². The Bertz CT molecular complexity index is 357. The molecule has 0 unspecified atom stereocenters. The van der Waals surface area contributed by atoms with Crippen LogP contribution in [0.5, 0.6) is 0 Å². The van der Waals surface area contributed by atoms with E-state index < -0.39 is 0 Å². The summed E-state index contributed by atoms with van der Waals surface area (Å²) in [6.45, 7) is 6.52. The second-order valence-corrected chi connectivity index (χ2v) is 4.45. The summed E-state index contributed by atoms with van der Waals surface area (Å²) in [7, 11) is 0. The molecular formula is C16H22. The summed E-state index contributed by atoms with van der Waals surface area (Å²) >= 11 is 0. The first-order valence-electron chi connectivity index (χ1n) is 6.25. The van der Waals surface area contributed by atoms with Crippen molar-refractivity contribution < 1.29 is 0 Å². The van der Waals surface area contributed by atoms with Crippen molar-refractivity contribution in [3.63, 3.8) is 0 Å². The Morgan fingerprint density at radius 2 is 1.56 bits per heavy atom. The number of aryl methyl sites for hydroxylation is 3. The first-order chi connectivity index (χ1) is 7.72. The zero-order chi connectivity index (χ0) is 11.8. The van der Waals surface area contributed by atoms with E-state index in [0.29, 0.717) is 0 Å². The zero-order valence-electron chi connectivity index (χ0n) is 10.8. The Labute approximate surface area is 100 Å². The zero-order valence-corrected chi connectivity index (χ0v) is 10.8. The highest BCUT2D eigenvalue weighted by Gasteiger charge is 1.94. The highest BCUT2D eigenvalue weighted by atomic mass is 14.0. The lowest BCUT2D eigenvalue weighted by Crippen LogP contribution is -1.87. The summed E-state index contributed by atoms with van der Waals surface area (Å²) in [5.41, 5.74) is 4.13. The van der Waals surface area contributed by atoms with Gasteiger partial charge in [-0.15, -0.1) is 11.8 Å². The third kappa shape index (κ3) is 5.03. The van der Waals surface area contributed by atoms with Gasteiger partial charge in [0.2, 0.25) is 0 Å². The predicted molar refractivity (Wildman–Crippen MR) is 71.5 cm³/mol. The van der Waals surface area contributed by atoms with Crippen LogP contribution in [0.1, 0.15) is 49.3 Å². The highest BCUT2D eigenvalue weighted by molar-refractivity contribution is 5.29. The largest absolute Gasteiger partial charge is 0.103 e. The third-order valence-corrected chi connectivity index (χ3v) is 2.60. The van der Waals surface area contributed by atoms with Crippen LogP contribution in [0.15, 0.2) is 18.2 Å². The summed E-state index contributed by atoms with van der Waals surface area (Å²) in [4.78, 5) is 0. The second kappa shape index (κ2) is 7.12. The van der Waals surface area contributed by atoms with Gasteiger partial charge < -0.3 is 0 Å². The molecule has 1 aromatic carbocycles. The van der Waals surface area contributed by atoms with Crippen LogP contribution in [-0.4, -0.2) is 0 Å². The lowest BCUT2D eigenvalue weighted by Gasteiger charge is -2.02. The molecule has 0 aliphatic carbocycles. The number of hydrogen-bond donors (Lipinski definition) is 0. The quantitative estimate of drug-likeness (QED) is 0.514. The molecule has 86 valence electrons. The molecule has 0 amide bonds. The molecule has 0 nitrogen and oxygen atoms in total. The minimum Gasteiger partial charge on any atom is -0.103 e. The van der Waals surface area contributed by atoms with Crippen LogP contribution in [0.4, 0.5) is 0 Å². The van der Waals surface area contributed by atoms with Crippen LogP contribution in [0.2, 0.25) is 0 Å². The van der Waals surface area contributed by atoms with Gasteiger partial charge in [-0.2, -0.15) is 0 Å². The molecule has 0 radical (unpaired) electrons. The summed E-state index contributed by atoms with van der Waals surface area (Å²) in [5.74, 6) is 6.49. The van der Waals surface area contributed by atoms with E-state index in [1.807, 2.05) is 0 Å². The van der Waals surface area contributed by atoms with E-state index in [-0.39, 0.29) is 0 Å². The molecule has 0 heterocycles. The summed E-state index contributed by atoms with van der Waals surface area (Å²) < 4.78 is 0. The highest BCUT2D eigenvalue weighted by Crippen LogP contribution is 2.10. The first kappa shape index (κ1) is 12.8. The number of unbranched alkanes of at least 4 members (excludes halogenated alkanes) is 2. The molecule has 1 aromatic rings. The van der Waals surface area contributed by atoms with Crippen molar-refractivity contribution in [2.75, 3.05) is 0 Å². The second-order valence-electron chi connectivity index (χ2n) is 4.45. The van der Waals surface area contributed by atoms with E-state index in [9.17, 15) is 0 Å². The van der Waals surface area contributed by atoms with Crippen LogP contribution in [-0.2, 0) is 6.42 Å². The van der Waals surface area contributed by atoms with Gasteiger partial charge in [-0.05, 0) is 32.3 Å². The molecule has 0 saturated carbocycles. The van der Waals surface area contributed by atoms with Crippen molar-refractivity contribution in [2.45, 2.75) is 52.9 Å². The van der Waals surface area contributed by atoms with Gasteiger partial charge >= 0.3 is 0 Å². The Balaban J connectivity index is 2.38. The van der Waals surface area contributed by atoms with Gasteiger partial charge in [0.1, 0.15) is 0 Å². The van der Waals surface area contributed by atoms with E-state index in [1.165, 1.54) is 29.5 Å². The number of hydrogen-bond acceptors (Lipinski definition) is 0. The van der Waals surface area contributed by atoms with Gasteiger partial charge in [0, 0.05) is 12.8 Å². The van der Waals surface area contributed by atoms with Gasteiger partial charge in [0.25, 0.3) is 0 Å². The SMILES string of the molecule is CCCCC#CCCc1cc(C)cc(C)c1. The molecule has 0 aliphatic rings. The maximum absolute atomic E-state index is 3.26. The predicted octanol–water partition coefficient (Wildman–Crippen LogP) is 4.43. The molecule has 0 bridgehead atoms. The van der Waals surface area contributed by atoms with Gasteiger partial charge in [-0.25, -0.2) is 0 Å². The monoisotopic (exact) mass is 214 g/mol. The van der Waals surface area contributed by atoms with Crippen molar-refractivity contribution in [3.8, 4) is 11.8 Å². The van der Waals surface area contributed by atoms with E-state index in [1.54, 1.807) is 0 Å². The molecule has 0 spiro atoms. The molecule has 0 atom stereocenters. The van der Waals surface area contributed by atoms with E-state index in [4.69, 9.17) is 0 Å². The molecule has 0 heteroatoms. The van der Waals surface area contributed by atoms with Gasteiger partial charge in [-0.1, -0.05) is 42.7 Å². The topological polar surface area (TPSA) is 0 Å². The molecule has 0 saturated heterocycles. The van der Waals surface area contributed by atoms with Crippen molar-refractivity contribution in [2.24, 2.45) is 0 Å². The van der Waals surface area contributed by atoms with Crippen molar-refractivity contribution >= 4 is 0 Å². The Kier molecular flexibility index (Phi) is 5.72. The maximum atomic E-state index is 3.26. The minimum absolute atomic E-state index is 0.993. The van der Waals surface area contributed by atoms with Crippen molar-refractivity contribution in [1.82, 2.24) is 0 Å². The van der Waals surface area contributed by atoms with Crippen LogP contribution in [0, 0.1) is 25.7 Å². The Hall–Kier alpha value is -1.22. The van der Waals surface area contributed by atoms with Gasteiger partial charge in [-0.3, -0.25) is 0 Å². The lowest BCUT2D eigenvalue weighted by atomic mass is 10.0. The van der Waals surface area contributed by atoms with Crippen LogP contribution in [0.3, 0.4) is 0 Å². The van der Waals surface area contributed by atoms with Crippen LogP contribution < -0.4 is 0 Å². The number of benzene rings is 1. The van der Waals surface area contributed by atoms with E-state index in [0.717, 1.165) is 19.3 Å². The van der Waals surface area contributed by atoms with E-state index >= 15 is 0 Å². The Morgan fingerprint density at radius 3 is 2.19 bits per heavy atom. The molecule has 0 N–H and O–H groups in total. The average molecular weight is 214 g/mol. The Morgan fingerprint density at radius 1 is 0.938 bits per heavy atom. The minimum atomic E-state index is 0.993. The summed E-state index contributed by atoms with van der Waals surface area (Å²) in [6, 6.07) is 6.75. The fourth-order valence-electron chi connectivity index (χ4n) is 1.86. The molecule has 0 aliphatic heterocycles. The summed E-state index contributed by atoms with van der Waals surface area (Å²) in [5, 5.41) is 0.